The van der Waals surface area contributed by atoms with Gasteiger partial charge in [0.25, 0.3) is 11.6 Å². The molecule has 11 heteroatoms. The first-order chi connectivity index (χ1) is 16.1. The zero-order valence-electron chi connectivity index (χ0n) is 17.8. The molecule has 0 fully saturated rings. The van der Waals surface area contributed by atoms with Crippen LogP contribution in [0.3, 0.4) is 0 Å². The van der Waals surface area contributed by atoms with Gasteiger partial charge in [0, 0.05) is 0 Å². The van der Waals surface area contributed by atoms with Crippen LogP contribution in [0.5, 0.6) is 5.75 Å². The van der Waals surface area contributed by atoms with Gasteiger partial charge in [-0.3, -0.25) is 14.9 Å². The molecule has 34 heavy (non-hydrogen) atoms. The molecule has 0 radical (unpaired) electrons. The molecule has 3 aromatic rings. The predicted octanol–water partition coefficient (Wildman–Crippen LogP) is 5.69. The summed E-state index contributed by atoms with van der Waals surface area (Å²) in [6.07, 6.45) is -3.18. The Labute approximate surface area is 190 Å². The fourth-order valence-electron chi connectivity index (χ4n) is 3.39. The molecule has 0 atom stereocenters. The second kappa shape index (κ2) is 8.50. The van der Waals surface area contributed by atoms with Crippen molar-refractivity contribution in [3.8, 4) is 17.1 Å². The summed E-state index contributed by atoms with van der Waals surface area (Å²) in [5.41, 5.74) is -0.558. The fourth-order valence-corrected chi connectivity index (χ4v) is 3.39. The van der Waals surface area contributed by atoms with Crippen LogP contribution in [-0.2, 0) is 11.0 Å². The summed E-state index contributed by atoms with van der Waals surface area (Å²) < 4.78 is 49.9. The van der Waals surface area contributed by atoms with Crippen molar-refractivity contribution in [1.29, 1.82) is 0 Å². The lowest BCUT2D eigenvalue weighted by atomic mass is 10.1. The number of rotatable bonds is 5. The Kier molecular flexibility index (Phi) is 5.70. The van der Waals surface area contributed by atoms with Crippen LogP contribution >= 0.6 is 0 Å². The highest BCUT2D eigenvalue weighted by Gasteiger charge is 2.33. The molecule has 4 rings (SSSR count). The zero-order valence-corrected chi connectivity index (χ0v) is 17.8. The minimum atomic E-state index is -4.56. The normalized spacial score (nSPS) is 15.1. The van der Waals surface area contributed by atoms with Crippen molar-refractivity contribution < 1.29 is 32.0 Å². The Bertz CT molecular complexity index is 1360. The van der Waals surface area contributed by atoms with E-state index >= 15 is 0 Å². The van der Waals surface area contributed by atoms with Gasteiger partial charge in [-0.15, -0.1) is 0 Å². The Morgan fingerprint density at radius 2 is 1.91 bits per heavy atom. The Balaban J connectivity index is 1.64. The molecular formula is C23H16F3N3O5. The highest BCUT2D eigenvalue weighted by Crippen LogP contribution is 2.36. The van der Waals surface area contributed by atoms with Crippen molar-refractivity contribution in [3.05, 3.63) is 81.6 Å². The number of furan rings is 1. The van der Waals surface area contributed by atoms with Gasteiger partial charge in [0.05, 0.1) is 46.2 Å². The molecular weight excluding hydrogens is 455 g/mol. The molecule has 0 unspecified atom stereocenters. The minimum Gasteiger partial charge on any atom is -0.497 e. The molecule has 1 aliphatic heterocycles. The van der Waals surface area contributed by atoms with Crippen LogP contribution in [0, 0.1) is 10.1 Å². The second-order valence-electron chi connectivity index (χ2n) is 7.25. The number of nitro groups is 1. The first-order valence-corrected chi connectivity index (χ1v) is 9.80. The molecule has 0 saturated heterocycles. The van der Waals surface area contributed by atoms with Crippen LogP contribution in [0.4, 0.5) is 24.5 Å². The molecule has 0 aliphatic carbocycles. The summed E-state index contributed by atoms with van der Waals surface area (Å²) in [7, 11) is 1.39. The molecule has 1 aromatic heterocycles. The van der Waals surface area contributed by atoms with E-state index in [0.29, 0.717) is 5.75 Å². The van der Waals surface area contributed by atoms with Gasteiger partial charge in [-0.05, 0) is 55.5 Å². The first kappa shape index (κ1) is 22.8. The van der Waals surface area contributed by atoms with Crippen molar-refractivity contribution in [2.45, 2.75) is 13.1 Å². The second-order valence-corrected chi connectivity index (χ2v) is 7.25. The van der Waals surface area contributed by atoms with Crippen LogP contribution in [0.25, 0.3) is 17.4 Å². The van der Waals surface area contributed by atoms with Gasteiger partial charge in [0.15, 0.2) is 0 Å². The third kappa shape index (κ3) is 4.27. The number of hydrazone groups is 1. The third-order valence-electron chi connectivity index (χ3n) is 5.06. The van der Waals surface area contributed by atoms with Crippen molar-refractivity contribution >= 4 is 29.1 Å². The molecule has 1 amide bonds. The SMILES string of the molecule is COc1ccc(-c2ccc(/C=C3\C(=O)N(c4cccc(C(F)(F)F)c4)N=C3C)o2)c([N+](=O)[O-])c1. The Morgan fingerprint density at radius 3 is 2.59 bits per heavy atom. The van der Waals surface area contributed by atoms with Gasteiger partial charge in [0.1, 0.15) is 17.3 Å². The number of anilines is 1. The van der Waals surface area contributed by atoms with E-state index in [1.54, 1.807) is 6.07 Å². The van der Waals surface area contributed by atoms with Crippen molar-refractivity contribution in [1.82, 2.24) is 0 Å². The average Bonchev–Trinajstić information content (AvgIpc) is 3.38. The number of hydrogen-bond donors (Lipinski definition) is 0. The van der Waals surface area contributed by atoms with E-state index in [-0.39, 0.29) is 39.7 Å². The van der Waals surface area contributed by atoms with Gasteiger partial charge < -0.3 is 9.15 Å². The summed E-state index contributed by atoms with van der Waals surface area (Å²) in [4.78, 5) is 23.8. The molecule has 8 nitrogen and oxygen atoms in total. The number of methoxy groups -OCH3 is 1. The topological polar surface area (TPSA) is 98.2 Å². The fraction of sp³-hybridized carbons (Fsp3) is 0.130. The largest absolute Gasteiger partial charge is 0.497 e. The van der Waals surface area contributed by atoms with Gasteiger partial charge in [-0.25, -0.2) is 0 Å². The van der Waals surface area contributed by atoms with Crippen molar-refractivity contribution in [2.24, 2.45) is 5.10 Å². The summed E-state index contributed by atoms with van der Waals surface area (Å²) >= 11 is 0. The molecule has 174 valence electrons. The van der Waals surface area contributed by atoms with Gasteiger partial charge in [0.2, 0.25) is 0 Å². The molecule has 0 N–H and O–H groups in total. The quantitative estimate of drug-likeness (QED) is 0.271. The van der Waals surface area contributed by atoms with E-state index in [0.717, 1.165) is 17.1 Å². The first-order valence-electron chi connectivity index (χ1n) is 9.80. The summed E-state index contributed by atoms with van der Waals surface area (Å²) in [6.45, 7) is 1.54. The van der Waals surface area contributed by atoms with E-state index < -0.39 is 22.6 Å². The number of carbonyl (C=O) groups excluding carboxylic acids is 1. The van der Waals surface area contributed by atoms with Crippen LogP contribution in [0.1, 0.15) is 18.2 Å². The van der Waals surface area contributed by atoms with Crippen molar-refractivity contribution in [2.75, 3.05) is 12.1 Å². The Morgan fingerprint density at radius 1 is 1.15 bits per heavy atom. The number of benzene rings is 2. The molecule has 2 heterocycles. The van der Waals surface area contributed by atoms with Crippen LogP contribution < -0.4 is 9.75 Å². The maximum atomic E-state index is 13.0. The lowest BCUT2D eigenvalue weighted by Gasteiger charge is -2.14. The van der Waals surface area contributed by atoms with Gasteiger partial charge >= 0.3 is 6.18 Å². The number of amides is 1. The lowest BCUT2D eigenvalue weighted by Crippen LogP contribution is -2.21. The summed E-state index contributed by atoms with van der Waals surface area (Å²) in [5.74, 6) is 0.0764. The predicted molar refractivity (Wildman–Crippen MR) is 117 cm³/mol. The Hall–Kier alpha value is -4.41. The number of carbonyl (C=O) groups is 1. The lowest BCUT2D eigenvalue weighted by molar-refractivity contribution is -0.384. The monoisotopic (exact) mass is 471 g/mol. The number of hydrogen-bond acceptors (Lipinski definition) is 6. The van der Waals surface area contributed by atoms with Crippen LogP contribution in [0.15, 0.2) is 69.7 Å². The standard InChI is InChI=1S/C23H16F3N3O5/c1-13-19(22(30)28(27-13)15-5-3-4-14(10-15)23(24,25)26)11-17-7-9-21(34-17)18-8-6-16(33-2)12-20(18)29(31)32/h3-12H,1-2H3/b19-11-. The molecule has 2 aromatic carbocycles. The molecule has 0 bridgehead atoms. The van der Waals surface area contributed by atoms with Crippen molar-refractivity contribution in [3.63, 3.8) is 0 Å². The number of nitro benzene ring substituents is 1. The van der Waals surface area contributed by atoms with E-state index in [1.807, 2.05) is 0 Å². The van der Waals surface area contributed by atoms with E-state index in [9.17, 15) is 28.1 Å². The number of alkyl halides is 3. The highest BCUT2D eigenvalue weighted by atomic mass is 19.4. The maximum absolute atomic E-state index is 13.0. The van der Waals surface area contributed by atoms with Crippen LogP contribution in [-0.4, -0.2) is 23.7 Å². The van der Waals surface area contributed by atoms with E-state index in [1.165, 1.54) is 56.5 Å². The molecule has 0 spiro atoms. The number of nitrogens with zero attached hydrogens (tertiary/aromatic N) is 3. The summed E-state index contributed by atoms with van der Waals surface area (Å²) in [6, 6.07) is 11.6. The third-order valence-corrected chi connectivity index (χ3v) is 5.06. The van der Waals surface area contributed by atoms with Crippen LogP contribution in [0.2, 0.25) is 0 Å². The van der Waals surface area contributed by atoms with E-state index in [4.69, 9.17) is 9.15 Å². The summed E-state index contributed by atoms with van der Waals surface area (Å²) in [5, 5.41) is 16.4. The zero-order chi connectivity index (χ0) is 24.6. The highest BCUT2D eigenvalue weighted by molar-refractivity contribution is 6.32. The average molecular weight is 471 g/mol. The maximum Gasteiger partial charge on any atom is 0.416 e. The molecule has 0 saturated carbocycles. The number of halogens is 3. The molecule has 1 aliphatic rings. The van der Waals surface area contributed by atoms with Gasteiger partial charge in [-0.2, -0.15) is 23.3 Å². The number of ether oxygens (including phenoxy) is 1. The van der Waals surface area contributed by atoms with E-state index in [2.05, 4.69) is 5.10 Å². The van der Waals surface area contributed by atoms with Gasteiger partial charge in [-0.1, -0.05) is 6.07 Å². The smallest absolute Gasteiger partial charge is 0.416 e. The minimum absolute atomic E-state index is 0.0310.